The maximum Gasteiger partial charge on any atom is 0.405 e. The number of halogens is 3. The summed E-state index contributed by atoms with van der Waals surface area (Å²) in [5.41, 5.74) is 0. The van der Waals surface area contributed by atoms with Crippen molar-refractivity contribution >= 4 is 11.8 Å². The van der Waals surface area contributed by atoms with Crippen LogP contribution in [0.2, 0.25) is 0 Å². The molecule has 0 aromatic rings. The molecule has 26 heavy (non-hydrogen) atoms. The van der Waals surface area contributed by atoms with Gasteiger partial charge in [-0.2, -0.15) is 13.2 Å². The second kappa shape index (κ2) is 9.03. The van der Waals surface area contributed by atoms with Crippen LogP contribution in [-0.4, -0.2) is 79.1 Å². The summed E-state index contributed by atoms with van der Waals surface area (Å²) >= 11 is 0. The van der Waals surface area contributed by atoms with Crippen molar-refractivity contribution < 1.29 is 22.8 Å². The highest BCUT2D eigenvalue weighted by molar-refractivity contribution is 5.88. The smallest absolute Gasteiger partial charge is 0.352 e. The quantitative estimate of drug-likeness (QED) is 0.749. The van der Waals surface area contributed by atoms with E-state index in [4.69, 9.17) is 0 Å². The van der Waals surface area contributed by atoms with E-state index < -0.39 is 30.7 Å². The van der Waals surface area contributed by atoms with E-state index in [0.717, 1.165) is 12.8 Å². The summed E-state index contributed by atoms with van der Waals surface area (Å²) in [4.78, 5) is 27.7. The highest BCUT2D eigenvalue weighted by Crippen LogP contribution is 2.25. The fourth-order valence-corrected chi connectivity index (χ4v) is 3.56. The van der Waals surface area contributed by atoms with Crippen LogP contribution in [0.4, 0.5) is 13.2 Å². The lowest BCUT2D eigenvalue weighted by Crippen LogP contribution is -2.59. The Morgan fingerprint density at radius 3 is 2.38 bits per heavy atom. The largest absolute Gasteiger partial charge is 0.405 e. The number of alkyl halides is 3. The lowest BCUT2D eigenvalue weighted by atomic mass is 9.99. The third-order valence-electron chi connectivity index (χ3n) is 5.02. The van der Waals surface area contributed by atoms with Crippen LogP contribution in [0.3, 0.4) is 0 Å². The summed E-state index contributed by atoms with van der Waals surface area (Å²) < 4.78 is 40.3. The van der Waals surface area contributed by atoms with Gasteiger partial charge in [-0.25, -0.2) is 0 Å². The third-order valence-corrected chi connectivity index (χ3v) is 5.02. The molecule has 2 amide bonds. The van der Waals surface area contributed by atoms with E-state index >= 15 is 0 Å². The van der Waals surface area contributed by atoms with Gasteiger partial charge in [-0.1, -0.05) is 13.8 Å². The Hall–Kier alpha value is -1.35. The van der Waals surface area contributed by atoms with Gasteiger partial charge in [0.25, 0.3) is 0 Å². The Morgan fingerprint density at radius 1 is 1.15 bits per heavy atom. The molecule has 2 fully saturated rings. The average Bonchev–Trinajstić information content (AvgIpc) is 2.60. The molecule has 2 saturated heterocycles. The lowest BCUT2D eigenvalue weighted by molar-refractivity contribution is -0.184. The minimum Gasteiger partial charge on any atom is -0.352 e. The van der Waals surface area contributed by atoms with Crippen LogP contribution in [0.1, 0.15) is 33.1 Å². The van der Waals surface area contributed by atoms with Crippen molar-refractivity contribution in [2.24, 2.45) is 5.92 Å². The number of rotatable bonds is 5. The number of hydrogen-bond acceptors (Lipinski definition) is 4. The zero-order valence-electron chi connectivity index (χ0n) is 15.4. The first kappa shape index (κ1) is 21.0. The predicted octanol–water partition coefficient (Wildman–Crippen LogP) is 0.976. The topological polar surface area (TPSA) is 64.7 Å². The van der Waals surface area contributed by atoms with Gasteiger partial charge in [-0.05, 0) is 19.3 Å². The molecule has 0 aliphatic carbocycles. The van der Waals surface area contributed by atoms with E-state index in [9.17, 15) is 22.8 Å². The number of likely N-dealkylation sites (tertiary alicyclic amines) is 1. The maximum atomic E-state index is 13.4. The van der Waals surface area contributed by atoms with Crippen molar-refractivity contribution in [3.63, 3.8) is 0 Å². The van der Waals surface area contributed by atoms with Gasteiger partial charge >= 0.3 is 6.18 Å². The first-order valence-electron chi connectivity index (χ1n) is 9.31. The molecule has 0 spiro atoms. The van der Waals surface area contributed by atoms with Crippen LogP contribution >= 0.6 is 0 Å². The van der Waals surface area contributed by atoms with Gasteiger partial charge in [0.15, 0.2) is 0 Å². The van der Waals surface area contributed by atoms with Crippen molar-refractivity contribution in [1.29, 1.82) is 0 Å². The van der Waals surface area contributed by atoms with E-state index in [1.807, 2.05) is 0 Å². The Balaban J connectivity index is 2.00. The zero-order chi connectivity index (χ0) is 19.3. The van der Waals surface area contributed by atoms with Crippen LogP contribution in [0.5, 0.6) is 0 Å². The molecular weight excluding hydrogens is 349 g/mol. The molecule has 2 unspecified atom stereocenters. The van der Waals surface area contributed by atoms with Crippen molar-refractivity contribution in [3.05, 3.63) is 0 Å². The molecule has 150 valence electrons. The molecule has 2 atom stereocenters. The predicted molar refractivity (Wildman–Crippen MR) is 91.5 cm³/mol. The zero-order valence-corrected chi connectivity index (χ0v) is 15.4. The second-order valence-electron chi connectivity index (χ2n) is 7.29. The van der Waals surface area contributed by atoms with Gasteiger partial charge in [0.2, 0.25) is 11.8 Å². The summed E-state index contributed by atoms with van der Waals surface area (Å²) in [5, 5.41) is 5.49. The minimum absolute atomic E-state index is 0.126. The minimum atomic E-state index is -4.41. The number of carbonyl (C=O) groups is 2. The number of piperidine rings is 1. The van der Waals surface area contributed by atoms with Crippen LogP contribution in [-0.2, 0) is 9.59 Å². The molecule has 2 heterocycles. The molecule has 0 aromatic carbocycles. The highest BCUT2D eigenvalue weighted by atomic mass is 19.4. The van der Waals surface area contributed by atoms with Gasteiger partial charge < -0.3 is 15.5 Å². The summed E-state index contributed by atoms with van der Waals surface area (Å²) in [6.45, 7) is 5.10. The number of hydrogen-bond donors (Lipinski definition) is 2. The highest BCUT2D eigenvalue weighted by Gasteiger charge is 2.44. The summed E-state index contributed by atoms with van der Waals surface area (Å²) in [6.07, 6.45) is -2.31. The Bertz CT molecular complexity index is 493. The number of amides is 2. The molecular formula is C17H29F3N4O2. The Kier molecular flexibility index (Phi) is 7.28. The molecule has 0 bridgehead atoms. The number of nitrogens with one attached hydrogen (secondary N) is 2. The van der Waals surface area contributed by atoms with E-state index in [1.165, 1.54) is 9.80 Å². The summed E-state index contributed by atoms with van der Waals surface area (Å²) in [7, 11) is 0. The number of nitrogens with zero attached hydrogens (tertiary/aromatic N) is 2. The van der Waals surface area contributed by atoms with Crippen LogP contribution in [0, 0.1) is 5.92 Å². The molecule has 2 aliphatic heterocycles. The normalized spacial score (nSPS) is 23.8. The maximum absolute atomic E-state index is 13.4. The molecule has 0 radical (unpaired) electrons. The van der Waals surface area contributed by atoms with E-state index in [1.54, 1.807) is 13.8 Å². The van der Waals surface area contributed by atoms with Gasteiger partial charge in [-0.15, -0.1) is 0 Å². The van der Waals surface area contributed by atoms with Gasteiger partial charge in [-0.3, -0.25) is 14.5 Å². The van der Waals surface area contributed by atoms with Crippen molar-refractivity contribution in [2.75, 3.05) is 39.3 Å². The standard InChI is InChI=1S/C17H29F3N4O2/c1-12(2)16(26)24-8-4-3-5-13(24)15(25)22-11-14(17(18,19)20)23-9-6-21-7-10-23/h12-14,21H,3-11H2,1-2H3,(H,22,25). The lowest BCUT2D eigenvalue weighted by Gasteiger charge is -2.38. The molecule has 0 aromatic heterocycles. The van der Waals surface area contributed by atoms with Gasteiger partial charge in [0, 0.05) is 45.2 Å². The van der Waals surface area contributed by atoms with Crippen LogP contribution < -0.4 is 10.6 Å². The first-order chi connectivity index (χ1) is 12.2. The molecule has 9 heteroatoms. The second-order valence-corrected chi connectivity index (χ2v) is 7.29. The average molecular weight is 378 g/mol. The third kappa shape index (κ3) is 5.33. The fraction of sp³-hybridized carbons (Fsp3) is 0.882. The van der Waals surface area contributed by atoms with Gasteiger partial charge in [0.05, 0.1) is 0 Å². The van der Waals surface area contributed by atoms with E-state index in [-0.39, 0.29) is 11.8 Å². The first-order valence-corrected chi connectivity index (χ1v) is 9.31. The molecule has 6 nitrogen and oxygen atoms in total. The number of piperazine rings is 1. The SMILES string of the molecule is CC(C)C(=O)N1CCCCC1C(=O)NCC(N1CCNCC1)C(F)(F)F. The monoisotopic (exact) mass is 378 g/mol. The van der Waals surface area contributed by atoms with E-state index in [0.29, 0.717) is 39.1 Å². The van der Waals surface area contributed by atoms with Crippen molar-refractivity contribution in [2.45, 2.75) is 51.4 Å². The van der Waals surface area contributed by atoms with E-state index in [2.05, 4.69) is 10.6 Å². The summed E-state index contributed by atoms with van der Waals surface area (Å²) in [5.74, 6) is -0.852. The Labute approximate surface area is 152 Å². The van der Waals surface area contributed by atoms with Crippen LogP contribution in [0.15, 0.2) is 0 Å². The van der Waals surface area contributed by atoms with Crippen molar-refractivity contribution in [3.8, 4) is 0 Å². The molecule has 2 aliphatic rings. The number of carbonyl (C=O) groups excluding carboxylic acids is 2. The summed E-state index contributed by atoms with van der Waals surface area (Å²) in [6, 6.07) is -2.37. The fourth-order valence-electron chi connectivity index (χ4n) is 3.56. The molecule has 2 N–H and O–H groups in total. The molecule has 0 saturated carbocycles. The molecule has 2 rings (SSSR count). The van der Waals surface area contributed by atoms with Crippen LogP contribution in [0.25, 0.3) is 0 Å². The van der Waals surface area contributed by atoms with Gasteiger partial charge in [0.1, 0.15) is 12.1 Å². The Morgan fingerprint density at radius 2 is 1.81 bits per heavy atom. The van der Waals surface area contributed by atoms with Crippen molar-refractivity contribution in [1.82, 2.24) is 20.4 Å².